The van der Waals surface area contributed by atoms with E-state index in [0.717, 1.165) is 13.0 Å². The summed E-state index contributed by atoms with van der Waals surface area (Å²) in [6, 6.07) is 8.47. The fourth-order valence-corrected chi connectivity index (χ4v) is 1.28. The van der Waals surface area contributed by atoms with Crippen LogP contribution in [0.4, 0.5) is 0 Å². The number of nitrogens with one attached hydrogen (secondary N) is 1. The zero-order chi connectivity index (χ0) is 10.4. The first-order valence-electron chi connectivity index (χ1n) is 4.74. The van der Waals surface area contributed by atoms with E-state index in [0.29, 0.717) is 5.96 Å². The van der Waals surface area contributed by atoms with Crippen LogP contribution in [-0.4, -0.2) is 19.6 Å². The second-order valence-corrected chi connectivity index (χ2v) is 3.27. The summed E-state index contributed by atoms with van der Waals surface area (Å²) in [4.78, 5) is 3.82. The second kappa shape index (κ2) is 5.27. The summed E-state index contributed by atoms with van der Waals surface area (Å²) < 4.78 is 0. The SMILES string of the molecule is CN=C(N)NCCc1cccc(C)c1. The van der Waals surface area contributed by atoms with Gasteiger partial charge in [0.05, 0.1) is 0 Å². The fraction of sp³-hybridized carbons (Fsp3) is 0.364. The molecule has 0 amide bonds. The largest absolute Gasteiger partial charge is 0.370 e. The Bertz CT molecular complexity index is 318. The van der Waals surface area contributed by atoms with E-state index in [4.69, 9.17) is 5.73 Å². The number of benzene rings is 1. The molecule has 3 nitrogen and oxygen atoms in total. The van der Waals surface area contributed by atoms with Crippen molar-refractivity contribution in [1.82, 2.24) is 5.32 Å². The van der Waals surface area contributed by atoms with Gasteiger partial charge in [-0.3, -0.25) is 4.99 Å². The van der Waals surface area contributed by atoms with E-state index in [1.54, 1.807) is 7.05 Å². The topological polar surface area (TPSA) is 50.4 Å². The lowest BCUT2D eigenvalue weighted by Gasteiger charge is -2.05. The van der Waals surface area contributed by atoms with Crippen molar-refractivity contribution in [2.75, 3.05) is 13.6 Å². The Labute approximate surface area is 85.0 Å². The molecule has 0 atom stereocenters. The van der Waals surface area contributed by atoms with Crippen LogP contribution in [0.2, 0.25) is 0 Å². The number of guanidine groups is 1. The van der Waals surface area contributed by atoms with E-state index >= 15 is 0 Å². The Morgan fingerprint density at radius 3 is 2.93 bits per heavy atom. The molecule has 0 saturated carbocycles. The molecule has 3 heteroatoms. The van der Waals surface area contributed by atoms with Crippen LogP contribution in [0.3, 0.4) is 0 Å². The molecular weight excluding hydrogens is 174 g/mol. The summed E-state index contributed by atoms with van der Waals surface area (Å²) in [5, 5.41) is 3.03. The molecule has 0 saturated heterocycles. The Morgan fingerprint density at radius 1 is 1.50 bits per heavy atom. The summed E-state index contributed by atoms with van der Waals surface area (Å²) in [6.07, 6.45) is 0.970. The molecule has 1 aromatic rings. The zero-order valence-corrected chi connectivity index (χ0v) is 8.75. The van der Waals surface area contributed by atoms with Crippen LogP contribution < -0.4 is 11.1 Å². The molecule has 3 N–H and O–H groups in total. The molecule has 0 aromatic heterocycles. The molecule has 0 radical (unpaired) electrons. The molecular formula is C11H17N3. The Hall–Kier alpha value is -1.51. The summed E-state index contributed by atoms with van der Waals surface area (Å²) in [7, 11) is 1.68. The highest BCUT2D eigenvalue weighted by molar-refractivity contribution is 5.77. The zero-order valence-electron chi connectivity index (χ0n) is 8.75. The molecule has 0 heterocycles. The van der Waals surface area contributed by atoms with Crippen LogP contribution >= 0.6 is 0 Å². The van der Waals surface area contributed by atoms with Crippen LogP contribution in [0.5, 0.6) is 0 Å². The number of nitrogens with two attached hydrogens (primary N) is 1. The lowest BCUT2D eigenvalue weighted by Crippen LogP contribution is -2.32. The molecule has 1 rings (SSSR count). The average Bonchev–Trinajstić information content (AvgIpc) is 2.17. The van der Waals surface area contributed by atoms with Gasteiger partial charge in [-0.15, -0.1) is 0 Å². The van der Waals surface area contributed by atoms with Crippen molar-refractivity contribution in [3.8, 4) is 0 Å². The van der Waals surface area contributed by atoms with Crippen LogP contribution in [-0.2, 0) is 6.42 Å². The highest BCUT2D eigenvalue weighted by atomic mass is 15.1. The van der Waals surface area contributed by atoms with Crippen LogP contribution in [0.1, 0.15) is 11.1 Å². The molecule has 76 valence electrons. The molecule has 0 aliphatic heterocycles. The predicted octanol–water partition coefficient (Wildman–Crippen LogP) is 1.07. The monoisotopic (exact) mass is 191 g/mol. The van der Waals surface area contributed by atoms with Crippen LogP contribution in [0.25, 0.3) is 0 Å². The number of aryl methyl sites for hydroxylation is 1. The van der Waals surface area contributed by atoms with Crippen molar-refractivity contribution in [1.29, 1.82) is 0 Å². The first kappa shape index (κ1) is 10.6. The normalized spacial score (nSPS) is 11.4. The number of hydrogen-bond donors (Lipinski definition) is 2. The van der Waals surface area contributed by atoms with E-state index in [2.05, 4.69) is 41.5 Å². The minimum absolute atomic E-state index is 0.498. The van der Waals surface area contributed by atoms with E-state index < -0.39 is 0 Å². The smallest absolute Gasteiger partial charge is 0.188 e. The highest BCUT2D eigenvalue weighted by Gasteiger charge is 1.93. The molecule has 0 fully saturated rings. The van der Waals surface area contributed by atoms with Crippen molar-refractivity contribution in [2.24, 2.45) is 10.7 Å². The Morgan fingerprint density at radius 2 is 2.29 bits per heavy atom. The fourth-order valence-electron chi connectivity index (χ4n) is 1.28. The minimum atomic E-state index is 0.498. The van der Waals surface area contributed by atoms with Gasteiger partial charge in [0.2, 0.25) is 0 Å². The maximum Gasteiger partial charge on any atom is 0.188 e. The molecule has 0 aliphatic rings. The van der Waals surface area contributed by atoms with Gasteiger partial charge >= 0.3 is 0 Å². The molecule has 0 bridgehead atoms. The third-order valence-electron chi connectivity index (χ3n) is 2.04. The average molecular weight is 191 g/mol. The van der Waals surface area contributed by atoms with Gasteiger partial charge in [0.15, 0.2) is 5.96 Å². The summed E-state index contributed by atoms with van der Waals surface area (Å²) in [6.45, 7) is 2.92. The van der Waals surface area contributed by atoms with E-state index in [9.17, 15) is 0 Å². The van der Waals surface area contributed by atoms with Crippen molar-refractivity contribution >= 4 is 5.96 Å². The maximum absolute atomic E-state index is 5.51. The van der Waals surface area contributed by atoms with Gasteiger partial charge in [0.1, 0.15) is 0 Å². The Kier molecular flexibility index (Phi) is 3.98. The van der Waals surface area contributed by atoms with E-state index in [-0.39, 0.29) is 0 Å². The number of rotatable bonds is 3. The maximum atomic E-state index is 5.51. The highest BCUT2D eigenvalue weighted by Crippen LogP contribution is 2.03. The number of hydrogen-bond acceptors (Lipinski definition) is 1. The number of aliphatic imine (C=N–C) groups is 1. The minimum Gasteiger partial charge on any atom is -0.370 e. The van der Waals surface area contributed by atoms with Crippen molar-refractivity contribution in [3.63, 3.8) is 0 Å². The first-order chi connectivity index (χ1) is 6.72. The molecule has 0 unspecified atom stereocenters. The van der Waals surface area contributed by atoms with Crippen molar-refractivity contribution in [3.05, 3.63) is 35.4 Å². The van der Waals surface area contributed by atoms with Gasteiger partial charge in [0, 0.05) is 13.6 Å². The van der Waals surface area contributed by atoms with Crippen molar-refractivity contribution < 1.29 is 0 Å². The van der Waals surface area contributed by atoms with Gasteiger partial charge < -0.3 is 11.1 Å². The van der Waals surface area contributed by atoms with Crippen LogP contribution in [0.15, 0.2) is 29.3 Å². The first-order valence-corrected chi connectivity index (χ1v) is 4.74. The summed E-state index contributed by atoms with van der Waals surface area (Å²) in [5.74, 6) is 0.498. The Balaban J connectivity index is 2.39. The van der Waals surface area contributed by atoms with E-state index in [1.165, 1.54) is 11.1 Å². The molecule has 1 aromatic carbocycles. The molecule has 0 aliphatic carbocycles. The summed E-state index contributed by atoms with van der Waals surface area (Å²) >= 11 is 0. The van der Waals surface area contributed by atoms with E-state index in [1.807, 2.05) is 0 Å². The lowest BCUT2D eigenvalue weighted by atomic mass is 10.1. The van der Waals surface area contributed by atoms with Crippen molar-refractivity contribution in [2.45, 2.75) is 13.3 Å². The third kappa shape index (κ3) is 3.47. The van der Waals surface area contributed by atoms with Gasteiger partial charge in [0.25, 0.3) is 0 Å². The van der Waals surface area contributed by atoms with Crippen LogP contribution in [0, 0.1) is 6.92 Å². The van der Waals surface area contributed by atoms with Gasteiger partial charge in [-0.25, -0.2) is 0 Å². The quantitative estimate of drug-likeness (QED) is 0.554. The van der Waals surface area contributed by atoms with Gasteiger partial charge in [-0.05, 0) is 18.9 Å². The van der Waals surface area contributed by atoms with Gasteiger partial charge in [-0.2, -0.15) is 0 Å². The molecule has 0 spiro atoms. The summed E-state index contributed by atoms with van der Waals surface area (Å²) in [5.41, 5.74) is 8.12. The lowest BCUT2D eigenvalue weighted by molar-refractivity contribution is 0.856. The molecule has 14 heavy (non-hydrogen) atoms. The second-order valence-electron chi connectivity index (χ2n) is 3.27. The standard InChI is InChI=1S/C11H17N3/c1-9-4-3-5-10(8-9)6-7-14-11(12)13-2/h3-5,8H,6-7H2,1-2H3,(H3,12,13,14). The predicted molar refractivity (Wildman–Crippen MR) is 60.4 cm³/mol. The van der Waals surface area contributed by atoms with Gasteiger partial charge in [-0.1, -0.05) is 29.8 Å². The third-order valence-corrected chi connectivity index (χ3v) is 2.04. The number of nitrogens with zero attached hydrogens (tertiary/aromatic N) is 1.